The minimum atomic E-state index is 0.151. The topological polar surface area (TPSA) is 49.2 Å². The molecule has 3 aromatic rings. The van der Waals surface area contributed by atoms with Gasteiger partial charge >= 0.3 is 0 Å². The van der Waals surface area contributed by atoms with Gasteiger partial charge in [-0.25, -0.2) is 9.97 Å². The lowest BCUT2D eigenvalue weighted by Gasteiger charge is -2.36. The molecule has 4 rings (SSSR count). The van der Waals surface area contributed by atoms with Gasteiger partial charge in [-0.2, -0.15) is 0 Å². The van der Waals surface area contributed by atoms with E-state index in [2.05, 4.69) is 17.0 Å². The molecule has 1 unspecified atom stereocenters. The number of thiophene rings is 1. The van der Waals surface area contributed by atoms with E-state index in [0.717, 1.165) is 46.8 Å². The average Bonchev–Trinajstić information content (AvgIpc) is 3.15. The second kappa shape index (κ2) is 6.26. The summed E-state index contributed by atoms with van der Waals surface area (Å²) < 4.78 is 0. The van der Waals surface area contributed by atoms with Crippen LogP contribution in [0.15, 0.2) is 41.8 Å². The summed E-state index contributed by atoms with van der Waals surface area (Å²) in [7, 11) is 0. The molecule has 1 aromatic carbocycles. The average molecular weight is 325 g/mol. The van der Waals surface area contributed by atoms with E-state index in [1.165, 1.54) is 6.42 Å². The van der Waals surface area contributed by atoms with Crippen LogP contribution < -0.4 is 4.90 Å². The molecule has 4 nitrogen and oxygen atoms in total. The SMILES string of the molecule is OCC1CCCCN1c1nc(-c2cccs2)nc2ccccc12. The molecule has 1 N–H and O–H groups in total. The van der Waals surface area contributed by atoms with Crippen LogP contribution in [0.3, 0.4) is 0 Å². The Hall–Kier alpha value is -1.98. The Bertz CT molecular complexity index is 803. The predicted octanol–water partition coefficient (Wildman–Crippen LogP) is 3.71. The van der Waals surface area contributed by atoms with Gasteiger partial charge in [-0.1, -0.05) is 18.2 Å². The highest BCUT2D eigenvalue weighted by molar-refractivity contribution is 7.13. The number of benzene rings is 1. The fraction of sp³-hybridized carbons (Fsp3) is 0.333. The van der Waals surface area contributed by atoms with E-state index in [1.54, 1.807) is 11.3 Å². The van der Waals surface area contributed by atoms with Crippen LogP contribution in [0.25, 0.3) is 21.6 Å². The molecule has 1 aliphatic rings. The highest BCUT2D eigenvalue weighted by Crippen LogP contribution is 2.32. The minimum absolute atomic E-state index is 0.151. The highest BCUT2D eigenvalue weighted by Gasteiger charge is 2.25. The number of nitrogens with zero attached hydrogens (tertiary/aromatic N) is 3. The first-order chi connectivity index (χ1) is 11.4. The van der Waals surface area contributed by atoms with Gasteiger partial charge in [0.15, 0.2) is 5.82 Å². The van der Waals surface area contributed by atoms with Gasteiger partial charge in [0.2, 0.25) is 0 Å². The van der Waals surface area contributed by atoms with E-state index in [9.17, 15) is 5.11 Å². The van der Waals surface area contributed by atoms with Gasteiger partial charge in [0, 0.05) is 11.9 Å². The number of aliphatic hydroxyl groups is 1. The number of piperidine rings is 1. The number of para-hydroxylation sites is 1. The van der Waals surface area contributed by atoms with Crippen molar-refractivity contribution < 1.29 is 5.11 Å². The quantitative estimate of drug-likeness (QED) is 0.797. The molecule has 0 spiro atoms. The third kappa shape index (κ3) is 2.71. The molecule has 118 valence electrons. The minimum Gasteiger partial charge on any atom is -0.394 e. The van der Waals surface area contributed by atoms with Crippen LogP contribution in [-0.2, 0) is 0 Å². The predicted molar refractivity (Wildman–Crippen MR) is 94.9 cm³/mol. The molecule has 0 radical (unpaired) electrons. The highest BCUT2D eigenvalue weighted by atomic mass is 32.1. The lowest BCUT2D eigenvalue weighted by molar-refractivity contribution is 0.239. The number of anilines is 1. The van der Waals surface area contributed by atoms with E-state index < -0.39 is 0 Å². The van der Waals surface area contributed by atoms with Crippen LogP contribution in [0.2, 0.25) is 0 Å². The van der Waals surface area contributed by atoms with E-state index in [4.69, 9.17) is 9.97 Å². The van der Waals surface area contributed by atoms with Crippen molar-refractivity contribution in [1.29, 1.82) is 0 Å². The maximum Gasteiger partial charge on any atom is 0.172 e. The summed E-state index contributed by atoms with van der Waals surface area (Å²) in [6, 6.07) is 12.4. The maximum atomic E-state index is 9.77. The Labute approximate surface area is 139 Å². The van der Waals surface area contributed by atoms with Crippen molar-refractivity contribution in [3.8, 4) is 10.7 Å². The molecule has 1 saturated heterocycles. The Balaban J connectivity index is 1.89. The molecule has 0 bridgehead atoms. The van der Waals surface area contributed by atoms with Gasteiger partial charge in [-0.05, 0) is 42.8 Å². The van der Waals surface area contributed by atoms with Crippen LogP contribution >= 0.6 is 11.3 Å². The normalized spacial score (nSPS) is 18.5. The zero-order valence-electron chi connectivity index (χ0n) is 12.9. The van der Waals surface area contributed by atoms with Crippen molar-refractivity contribution in [3.05, 3.63) is 41.8 Å². The third-order valence-electron chi connectivity index (χ3n) is 4.43. The van der Waals surface area contributed by atoms with Crippen molar-refractivity contribution in [2.24, 2.45) is 0 Å². The van der Waals surface area contributed by atoms with Gasteiger partial charge in [0.1, 0.15) is 5.82 Å². The number of aliphatic hydroxyl groups excluding tert-OH is 1. The number of hydrogen-bond acceptors (Lipinski definition) is 5. The van der Waals surface area contributed by atoms with E-state index in [1.807, 2.05) is 29.6 Å². The van der Waals surface area contributed by atoms with E-state index >= 15 is 0 Å². The second-order valence-corrected chi connectivity index (χ2v) is 6.84. The molecule has 2 aromatic heterocycles. The Kier molecular flexibility index (Phi) is 3.97. The lowest BCUT2D eigenvalue weighted by Crippen LogP contribution is -2.42. The van der Waals surface area contributed by atoms with Gasteiger partial charge in [-0.3, -0.25) is 0 Å². The van der Waals surface area contributed by atoms with Crippen LogP contribution in [-0.4, -0.2) is 34.3 Å². The Morgan fingerprint density at radius 2 is 2.04 bits per heavy atom. The van der Waals surface area contributed by atoms with E-state index in [0.29, 0.717) is 0 Å². The van der Waals surface area contributed by atoms with E-state index in [-0.39, 0.29) is 12.6 Å². The summed E-state index contributed by atoms with van der Waals surface area (Å²) in [5.74, 6) is 1.73. The summed E-state index contributed by atoms with van der Waals surface area (Å²) in [6.45, 7) is 1.11. The molecule has 1 atom stereocenters. The maximum absolute atomic E-state index is 9.77. The standard InChI is InChI=1S/C18H19N3OS/c22-12-13-6-3-4-10-21(13)18-14-7-1-2-8-15(14)19-17(20-18)16-9-5-11-23-16/h1-2,5,7-9,11,13,22H,3-4,6,10,12H2. The zero-order valence-corrected chi connectivity index (χ0v) is 13.7. The molecule has 1 aliphatic heterocycles. The van der Waals surface area contributed by atoms with Crippen molar-refractivity contribution in [2.75, 3.05) is 18.1 Å². The van der Waals surface area contributed by atoms with Gasteiger partial charge in [0.05, 0.1) is 23.0 Å². The number of hydrogen-bond donors (Lipinski definition) is 1. The first-order valence-corrected chi connectivity index (χ1v) is 8.93. The molecule has 0 amide bonds. The Morgan fingerprint density at radius 3 is 2.87 bits per heavy atom. The summed E-state index contributed by atoms with van der Waals surface area (Å²) in [5.41, 5.74) is 0.961. The monoisotopic (exact) mass is 325 g/mol. The fourth-order valence-electron chi connectivity index (χ4n) is 3.26. The number of fused-ring (bicyclic) bond motifs is 1. The molecule has 0 saturated carbocycles. The smallest absolute Gasteiger partial charge is 0.172 e. The number of rotatable bonds is 3. The van der Waals surface area contributed by atoms with Crippen LogP contribution in [0, 0.1) is 0 Å². The van der Waals surface area contributed by atoms with Crippen LogP contribution in [0.5, 0.6) is 0 Å². The van der Waals surface area contributed by atoms with Crippen LogP contribution in [0.1, 0.15) is 19.3 Å². The van der Waals surface area contributed by atoms with Gasteiger partial charge < -0.3 is 10.0 Å². The first kappa shape index (κ1) is 14.6. The second-order valence-electron chi connectivity index (χ2n) is 5.89. The summed E-state index contributed by atoms with van der Waals surface area (Å²) in [6.07, 6.45) is 3.33. The molecule has 1 fully saturated rings. The third-order valence-corrected chi connectivity index (χ3v) is 5.30. The summed E-state index contributed by atoms with van der Waals surface area (Å²) in [4.78, 5) is 13.0. The molecular weight excluding hydrogens is 306 g/mol. The number of aromatic nitrogens is 2. The fourth-order valence-corrected chi connectivity index (χ4v) is 3.92. The zero-order chi connectivity index (χ0) is 15.6. The van der Waals surface area contributed by atoms with Crippen LogP contribution in [0.4, 0.5) is 5.82 Å². The Morgan fingerprint density at radius 1 is 1.13 bits per heavy atom. The molecule has 0 aliphatic carbocycles. The largest absolute Gasteiger partial charge is 0.394 e. The first-order valence-electron chi connectivity index (χ1n) is 8.05. The molecule has 3 heterocycles. The lowest BCUT2D eigenvalue weighted by atomic mass is 10.0. The van der Waals surface area contributed by atoms with Crippen molar-refractivity contribution in [1.82, 2.24) is 9.97 Å². The van der Waals surface area contributed by atoms with Gasteiger partial charge in [-0.15, -0.1) is 11.3 Å². The van der Waals surface area contributed by atoms with Gasteiger partial charge in [0.25, 0.3) is 0 Å². The summed E-state index contributed by atoms with van der Waals surface area (Å²) in [5, 5.41) is 12.9. The van der Waals surface area contributed by atoms with Crippen molar-refractivity contribution in [3.63, 3.8) is 0 Å². The molecular formula is C18H19N3OS. The van der Waals surface area contributed by atoms with Crippen molar-refractivity contribution in [2.45, 2.75) is 25.3 Å². The molecule has 5 heteroatoms. The molecule has 23 heavy (non-hydrogen) atoms. The van der Waals surface area contributed by atoms with Crippen molar-refractivity contribution >= 4 is 28.1 Å². The summed E-state index contributed by atoms with van der Waals surface area (Å²) >= 11 is 1.65.